The largest absolute Gasteiger partial charge is 0.497 e. The van der Waals surface area contributed by atoms with Crippen LogP contribution in [0.3, 0.4) is 0 Å². The number of ether oxygens (including phenoxy) is 2. The Labute approximate surface area is 102 Å². The van der Waals surface area contributed by atoms with Gasteiger partial charge in [-0.3, -0.25) is 0 Å². The normalized spacial score (nSPS) is 13.0. The zero-order chi connectivity index (χ0) is 13.1. The summed E-state index contributed by atoms with van der Waals surface area (Å²) in [7, 11) is 1.57. The number of benzene rings is 1. The Hall–Kier alpha value is -1.55. The summed E-state index contributed by atoms with van der Waals surface area (Å²) in [4.78, 5) is 11.8. The maximum atomic E-state index is 11.8. The first kappa shape index (κ1) is 13.5. The Morgan fingerprint density at radius 2 is 2.00 bits per heavy atom. The molecule has 0 aromatic heterocycles. The molecule has 94 valence electrons. The third-order valence-electron chi connectivity index (χ3n) is 2.11. The first-order valence-corrected chi connectivity index (χ1v) is 5.46. The highest BCUT2D eigenvalue weighted by Crippen LogP contribution is 2.20. The van der Waals surface area contributed by atoms with Crippen molar-refractivity contribution >= 4 is 5.97 Å². The zero-order valence-corrected chi connectivity index (χ0v) is 10.7. The molecular formula is C13H19NO3. The fourth-order valence-electron chi connectivity index (χ4n) is 1.34. The molecule has 0 spiro atoms. The van der Waals surface area contributed by atoms with Gasteiger partial charge in [0.05, 0.1) is 7.11 Å². The number of carbonyl (C=O) groups is 1. The van der Waals surface area contributed by atoms with Crippen LogP contribution in [0, 0.1) is 0 Å². The van der Waals surface area contributed by atoms with Crippen LogP contribution in [0.15, 0.2) is 24.3 Å². The van der Waals surface area contributed by atoms with Crippen LogP contribution in [0.1, 0.15) is 32.4 Å². The number of methoxy groups -OCH3 is 1. The summed E-state index contributed by atoms with van der Waals surface area (Å²) in [5.74, 6) is 0.229. The third-order valence-corrected chi connectivity index (χ3v) is 2.11. The average Bonchev–Trinajstić information content (AvgIpc) is 2.26. The van der Waals surface area contributed by atoms with Crippen LogP contribution in [0.5, 0.6) is 5.75 Å². The minimum atomic E-state index is -0.788. The number of rotatable bonds is 3. The lowest BCUT2D eigenvalue weighted by molar-refractivity contribution is -0.156. The van der Waals surface area contributed by atoms with Gasteiger partial charge in [0.2, 0.25) is 0 Å². The summed E-state index contributed by atoms with van der Waals surface area (Å²) in [6, 6.07) is 6.30. The molecule has 0 aliphatic heterocycles. The molecule has 0 amide bonds. The Kier molecular flexibility index (Phi) is 4.12. The van der Waals surface area contributed by atoms with Crippen LogP contribution in [0.2, 0.25) is 0 Å². The SMILES string of the molecule is COc1cccc(C(N)C(=O)OC(C)(C)C)c1. The zero-order valence-electron chi connectivity index (χ0n) is 10.7. The summed E-state index contributed by atoms with van der Waals surface area (Å²) in [5.41, 5.74) is 5.98. The van der Waals surface area contributed by atoms with E-state index in [0.29, 0.717) is 11.3 Å². The third kappa shape index (κ3) is 4.07. The van der Waals surface area contributed by atoms with E-state index in [0.717, 1.165) is 0 Å². The van der Waals surface area contributed by atoms with Crippen LogP contribution in [0.25, 0.3) is 0 Å². The fourth-order valence-corrected chi connectivity index (χ4v) is 1.34. The maximum Gasteiger partial charge on any atom is 0.328 e. The van der Waals surface area contributed by atoms with Crippen molar-refractivity contribution in [1.29, 1.82) is 0 Å². The minimum absolute atomic E-state index is 0.439. The van der Waals surface area contributed by atoms with Crippen molar-refractivity contribution in [3.63, 3.8) is 0 Å². The predicted molar refractivity (Wildman–Crippen MR) is 65.8 cm³/mol. The molecule has 0 aliphatic rings. The predicted octanol–water partition coefficient (Wildman–Crippen LogP) is 2.04. The van der Waals surface area contributed by atoms with Crippen molar-refractivity contribution in [3.8, 4) is 5.75 Å². The van der Waals surface area contributed by atoms with Gasteiger partial charge in [0, 0.05) is 0 Å². The van der Waals surface area contributed by atoms with E-state index in [2.05, 4.69) is 0 Å². The first-order valence-electron chi connectivity index (χ1n) is 5.46. The molecule has 1 aromatic carbocycles. The van der Waals surface area contributed by atoms with E-state index in [4.69, 9.17) is 15.2 Å². The summed E-state index contributed by atoms with van der Waals surface area (Å²) < 4.78 is 10.3. The van der Waals surface area contributed by atoms with Gasteiger partial charge in [0.1, 0.15) is 17.4 Å². The van der Waals surface area contributed by atoms with E-state index in [-0.39, 0.29) is 0 Å². The molecule has 0 saturated carbocycles. The van der Waals surface area contributed by atoms with Crippen LogP contribution in [0.4, 0.5) is 0 Å². The highest BCUT2D eigenvalue weighted by Gasteiger charge is 2.23. The number of carbonyl (C=O) groups excluding carboxylic acids is 1. The van der Waals surface area contributed by atoms with Gasteiger partial charge in [0.25, 0.3) is 0 Å². The van der Waals surface area contributed by atoms with Crippen molar-refractivity contribution in [2.24, 2.45) is 5.73 Å². The molecule has 1 rings (SSSR count). The molecule has 1 aromatic rings. The van der Waals surface area contributed by atoms with E-state index < -0.39 is 17.6 Å². The summed E-state index contributed by atoms with van der Waals surface area (Å²) in [6.45, 7) is 5.43. The molecular weight excluding hydrogens is 218 g/mol. The maximum absolute atomic E-state index is 11.8. The topological polar surface area (TPSA) is 61.5 Å². The summed E-state index contributed by atoms with van der Waals surface area (Å²) in [5, 5.41) is 0. The number of hydrogen-bond acceptors (Lipinski definition) is 4. The molecule has 0 fully saturated rings. The quantitative estimate of drug-likeness (QED) is 0.817. The minimum Gasteiger partial charge on any atom is -0.497 e. The van der Waals surface area contributed by atoms with Gasteiger partial charge in [0.15, 0.2) is 0 Å². The Balaban J connectivity index is 2.81. The first-order chi connectivity index (χ1) is 7.83. The monoisotopic (exact) mass is 237 g/mol. The molecule has 2 N–H and O–H groups in total. The second-order valence-electron chi connectivity index (χ2n) is 4.79. The van der Waals surface area contributed by atoms with Crippen molar-refractivity contribution in [2.75, 3.05) is 7.11 Å². The standard InChI is InChI=1S/C13H19NO3/c1-13(2,3)17-12(15)11(14)9-6-5-7-10(8-9)16-4/h5-8,11H,14H2,1-4H3. The average molecular weight is 237 g/mol. The smallest absolute Gasteiger partial charge is 0.328 e. The molecule has 1 unspecified atom stereocenters. The highest BCUT2D eigenvalue weighted by atomic mass is 16.6. The second kappa shape index (κ2) is 5.19. The van der Waals surface area contributed by atoms with E-state index >= 15 is 0 Å². The van der Waals surface area contributed by atoms with Gasteiger partial charge >= 0.3 is 5.97 Å². The molecule has 0 bridgehead atoms. The van der Waals surface area contributed by atoms with Crippen molar-refractivity contribution in [1.82, 2.24) is 0 Å². The van der Waals surface area contributed by atoms with Gasteiger partial charge in [-0.2, -0.15) is 0 Å². The van der Waals surface area contributed by atoms with E-state index in [9.17, 15) is 4.79 Å². The van der Waals surface area contributed by atoms with Crippen molar-refractivity contribution in [3.05, 3.63) is 29.8 Å². The van der Waals surface area contributed by atoms with Gasteiger partial charge in [-0.15, -0.1) is 0 Å². The van der Waals surface area contributed by atoms with Gasteiger partial charge in [-0.1, -0.05) is 12.1 Å². The fraction of sp³-hybridized carbons (Fsp3) is 0.462. The van der Waals surface area contributed by atoms with Gasteiger partial charge < -0.3 is 15.2 Å². The molecule has 1 atom stereocenters. The lowest BCUT2D eigenvalue weighted by Gasteiger charge is -2.22. The van der Waals surface area contributed by atoms with Crippen LogP contribution >= 0.6 is 0 Å². The highest BCUT2D eigenvalue weighted by molar-refractivity contribution is 5.77. The molecule has 0 heterocycles. The number of esters is 1. The Morgan fingerprint density at radius 3 is 2.53 bits per heavy atom. The molecule has 0 aliphatic carbocycles. The van der Waals surface area contributed by atoms with Crippen molar-refractivity contribution < 1.29 is 14.3 Å². The van der Waals surface area contributed by atoms with Crippen LogP contribution in [-0.4, -0.2) is 18.7 Å². The molecule has 17 heavy (non-hydrogen) atoms. The number of hydrogen-bond donors (Lipinski definition) is 1. The van der Waals surface area contributed by atoms with E-state index in [1.54, 1.807) is 31.4 Å². The summed E-state index contributed by atoms with van der Waals surface area (Å²) >= 11 is 0. The second-order valence-corrected chi connectivity index (χ2v) is 4.79. The molecule has 0 radical (unpaired) electrons. The van der Waals surface area contributed by atoms with Crippen molar-refractivity contribution in [2.45, 2.75) is 32.4 Å². The lowest BCUT2D eigenvalue weighted by atomic mass is 10.1. The van der Waals surface area contributed by atoms with E-state index in [1.165, 1.54) is 0 Å². The van der Waals surface area contributed by atoms with Gasteiger partial charge in [-0.05, 0) is 38.5 Å². The van der Waals surface area contributed by atoms with E-state index in [1.807, 2.05) is 20.8 Å². The number of nitrogens with two attached hydrogens (primary N) is 1. The Morgan fingerprint density at radius 1 is 1.35 bits per heavy atom. The lowest BCUT2D eigenvalue weighted by Crippen LogP contribution is -2.31. The summed E-state index contributed by atoms with van der Waals surface area (Å²) in [6.07, 6.45) is 0. The van der Waals surface area contributed by atoms with Gasteiger partial charge in [-0.25, -0.2) is 4.79 Å². The van der Waals surface area contributed by atoms with Crippen LogP contribution in [-0.2, 0) is 9.53 Å². The molecule has 0 saturated heterocycles. The van der Waals surface area contributed by atoms with Crippen LogP contribution < -0.4 is 10.5 Å². The molecule has 4 heteroatoms. The Bertz CT molecular complexity index is 396. The molecule has 4 nitrogen and oxygen atoms in total.